The van der Waals surface area contributed by atoms with Gasteiger partial charge in [-0.3, -0.25) is 5.43 Å². The van der Waals surface area contributed by atoms with Crippen LogP contribution in [0.5, 0.6) is 5.75 Å². The summed E-state index contributed by atoms with van der Waals surface area (Å²) < 4.78 is 19.1. The summed E-state index contributed by atoms with van der Waals surface area (Å²) in [7, 11) is 0. The Morgan fingerprint density at radius 3 is 2.68 bits per heavy atom. The first-order chi connectivity index (χ1) is 10.6. The smallest absolute Gasteiger partial charge is 0.184 e. The second-order valence-electron chi connectivity index (χ2n) is 4.29. The minimum atomic E-state index is -0.389. The van der Waals surface area contributed by atoms with E-state index in [1.807, 2.05) is 0 Å². The lowest BCUT2D eigenvalue weighted by Gasteiger charge is -2.08. The maximum absolute atomic E-state index is 13.6. The van der Waals surface area contributed by atoms with Crippen molar-refractivity contribution < 1.29 is 9.13 Å². The molecule has 0 heterocycles. The van der Waals surface area contributed by atoms with Crippen molar-refractivity contribution >= 4 is 35.1 Å². The molecule has 2 aromatic rings. The Balaban J connectivity index is 1.97. The molecule has 2 aromatic carbocycles. The number of benzene rings is 2. The van der Waals surface area contributed by atoms with Crippen LogP contribution < -0.4 is 15.9 Å². The first-order valence-electron chi connectivity index (χ1n) is 6.30. The predicted molar refractivity (Wildman–Crippen MR) is 89.7 cm³/mol. The van der Waals surface area contributed by atoms with E-state index in [9.17, 15) is 4.39 Å². The summed E-state index contributed by atoms with van der Waals surface area (Å²) in [6.45, 7) is 0.0575. The van der Waals surface area contributed by atoms with Gasteiger partial charge in [0.15, 0.2) is 5.11 Å². The van der Waals surface area contributed by atoms with E-state index in [1.165, 1.54) is 6.07 Å². The van der Waals surface area contributed by atoms with E-state index in [2.05, 4.69) is 22.7 Å². The summed E-state index contributed by atoms with van der Waals surface area (Å²) in [5.41, 5.74) is 8.87. The predicted octanol–water partition coefficient (Wildman–Crippen LogP) is 3.23. The largest absolute Gasteiger partial charge is 0.489 e. The zero-order valence-corrected chi connectivity index (χ0v) is 13.0. The molecule has 0 radical (unpaired) electrons. The van der Waals surface area contributed by atoms with Gasteiger partial charge >= 0.3 is 0 Å². The zero-order chi connectivity index (χ0) is 15.9. The van der Waals surface area contributed by atoms with Gasteiger partial charge in [-0.25, -0.2) is 4.39 Å². The maximum atomic E-state index is 13.6. The van der Waals surface area contributed by atoms with Gasteiger partial charge in [-0.15, -0.1) is 0 Å². The van der Waals surface area contributed by atoms with Gasteiger partial charge in [0, 0.05) is 5.56 Å². The number of nitrogens with two attached hydrogens (primary N) is 1. The van der Waals surface area contributed by atoms with Crippen LogP contribution in [0.2, 0.25) is 5.02 Å². The van der Waals surface area contributed by atoms with Crippen LogP contribution in [0.15, 0.2) is 47.6 Å². The average molecular weight is 338 g/mol. The zero-order valence-electron chi connectivity index (χ0n) is 11.4. The summed E-state index contributed by atoms with van der Waals surface area (Å²) in [5.74, 6) is 0.207. The van der Waals surface area contributed by atoms with Crippen LogP contribution in [0.4, 0.5) is 4.39 Å². The second-order valence-corrected chi connectivity index (χ2v) is 5.14. The van der Waals surface area contributed by atoms with Gasteiger partial charge in [-0.05, 0) is 54.2 Å². The Bertz CT molecular complexity index is 671. The molecule has 0 saturated heterocycles. The number of nitrogens with zero attached hydrogens (tertiary/aromatic N) is 1. The minimum absolute atomic E-state index is 0.0575. The molecule has 0 aliphatic rings. The Hall–Kier alpha value is -2.18. The first-order valence-corrected chi connectivity index (χ1v) is 7.09. The van der Waals surface area contributed by atoms with Crippen molar-refractivity contribution in [2.45, 2.75) is 6.61 Å². The molecule has 0 aliphatic heterocycles. The fourth-order valence-electron chi connectivity index (χ4n) is 1.65. The molecule has 0 bridgehead atoms. The fraction of sp³-hybridized carbons (Fsp3) is 0.0667. The first kappa shape index (κ1) is 16.2. The number of rotatable bonds is 5. The Morgan fingerprint density at radius 1 is 1.32 bits per heavy atom. The van der Waals surface area contributed by atoms with Crippen LogP contribution in [0.3, 0.4) is 0 Å². The lowest BCUT2D eigenvalue weighted by atomic mass is 10.2. The molecule has 0 aliphatic carbocycles. The van der Waals surface area contributed by atoms with Crippen molar-refractivity contribution in [3.63, 3.8) is 0 Å². The van der Waals surface area contributed by atoms with Crippen molar-refractivity contribution in [3.05, 3.63) is 64.4 Å². The van der Waals surface area contributed by atoms with Gasteiger partial charge in [0.2, 0.25) is 0 Å². The average Bonchev–Trinajstić information content (AvgIpc) is 2.48. The van der Waals surface area contributed by atoms with Gasteiger partial charge in [0.25, 0.3) is 0 Å². The maximum Gasteiger partial charge on any atom is 0.184 e. The molecule has 7 heteroatoms. The molecule has 0 fully saturated rings. The van der Waals surface area contributed by atoms with Crippen molar-refractivity contribution in [1.29, 1.82) is 0 Å². The highest BCUT2D eigenvalue weighted by molar-refractivity contribution is 7.80. The summed E-state index contributed by atoms with van der Waals surface area (Å²) >= 11 is 10.6. The van der Waals surface area contributed by atoms with Crippen LogP contribution in [0.25, 0.3) is 0 Å². The molecular formula is C15H13ClFN3OS. The molecule has 0 spiro atoms. The molecule has 2 rings (SSSR count). The Morgan fingerprint density at radius 2 is 2.05 bits per heavy atom. The topological polar surface area (TPSA) is 59.6 Å². The quantitative estimate of drug-likeness (QED) is 0.499. The van der Waals surface area contributed by atoms with Gasteiger partial charge in [-0.2, -0.15) is 5.10 Å². The summed E-state index contributed by atoms with van der Waals surface area (Å²) in [6.07, 6.45) is 1.57. The van der Waals surface area contributed by atoms with Gasteiger partial charge in [0.05, 0.1) is 11.2 Å². The molecule has 22 heavy (non-hydrogen) atoms. The SMILES string of the molecule is NC(=S)N/N=C/c1ccc(OCc2c(F)cccc2Cl)cc1. The number of ether oxygens (including phenoxy) is 1. The Kier molecular flexibility index (Phi) is 5.68. The summed E-state index contributed by atoms with van der Waals surface area (Å²) in [5, 5.41) is 4.27. The van der Waals surface area contributed by atoms with Crippen LogP contribution in [-0.4, -0.2) is 11.3 Å². The third-order valence-electron chi connectivity index (χ3n) is 2.71. The molecule has 3 N–H and O–H groups in total. The van der Waals surface area contributed by atoms with Crippen molar-refractivity contribution in [2.75, 3.05) is 0 Å². The highest BCUT2D eigenvalue weighted by Gasteiger charge is 2.07. The molecule has 0 aromatic heterocycles. The molecule has 0 atom stereocenters. The summed E-state index contributed by atoms with van der Waals surface area (Å²) in [6, 6.07) is 11.6. The van der Waals surface area contributed by atoms with Gasteiger partial charge in [0.1, 0.15) is 18.2 Å². The third-order valence-corrected chi connectivity index (χ3v) is 3.16. The van der Waals surface area contributed by atoms with E-state index in [1.54, 1.807) is 42.6 Å². The van der Waals surface area contributed by atoms with Gasteiger partial charge < -0.3 is 10.5 Å². The van der Waals surface area contributed by atoms with E-state index in [0.717, 1.165) is 5.56 Å². The lowest BCUT2D eigenvalue weighted by molar-refractivity contribution is 0.300. The number of hydrazone groups is 1. The minimum Gasteiger partial charge on any atom is -0.489 e. The van der Waals surface area contributed by atoms with Crippen molar-refractivity contribution in [3.8, 4) is 5.75 Å². The van der Waals surface area contributed by atoms with Crippen LogP contribution in [0.1, 0.15) is 11.1 Å². The summed E-state index contributed by atoms with van der Waals surface area (Å²) in [4.78, 5) is 0. The Labute approximate surface area is 137 Å². The third kappa shape index (κ3) is 4.68. The van der Waals surface area contributed by atoms with E-state index < -0.39 is 0 Å². The number of hydrogen-bond donors (Lipinski definition) is 2. The van der Waals surface area contributed by atoms with E-state index in [0.29, 0.717) is 16.3 Å². The monoisotopic (exact) mass is 337 g/mol. The van der Waals surface area contributed by atoms with Crippen LogP contribution >= 0.6 is 23.8 Å². The highest BCUT2D eigenvalue weighted by atomic mass is 35.5. The highest BCUT2D eigenvalue weighted by Crippen LogP contribution is 2.21. The van der Waals surface area contributed by atoms with Crippen LogP contribution in [-0.2, 0) is 6.61 Å². The molecule has 114 valence electrons. The van der Waals surface area contributed by atoms with Crippen molar-refractivity contribution in [2.24, 2.45) is 10.8 Å². The standard InChI is InChI=1S/C15H13ClFN3OS/c16-13-2-1-3-14(17)12(13)9-21-11-6-4-10(5-7-11)8-19-20-15(18)22/h1-8H,9H2,(H3,18,20,22)/b19-8+. The fourth-order valence-corrected chi connectivity index (χ4v) is 1.92. The van der Waals surface area contributed by atoms with Crippen LogP contribution in [0, 0.1) is 5.82 Å². The molecule has 0 amide bonds. The van der Waals surface area contributed by atoms with E-state index in [-0.39, 0.29) is 17.5 Å². The second kappa shape index (κ2) is 7.72. The molecule has 0 unspecified atom stereocenters. The number of nitrogens with one attached hydrogen (secondary N) is 1. The van der Waals surface area contributed by atoms with E-state index in [4.69, 9.17) is 22.1 Å². The number of halogens is 2. The number of hydrogen-bond acceptors (Lipinski definition) is 3. The van der Waals surface area contributed by atoms with E-state index >= 15 is 0 Å². The molecular weight excluding hydrogens is 325 g/mol. The molecule has 0 saturated carbocycles. The number of thiocarbonyl (C=S) groups is 1. The lowest BCUT2D eigenvalue weighted by Crippen LogP contribution is -2.23. The van der Waals surface area contributed by atoms with Gasteiger partial charge in [-0.1, -0.05) is 17.7 Å². The van der Waals surface area contributed by atoms with Crippen molar-refractivity contribution in [1.82, 2.24) is 5.43 Å². The normalized spacial score (nSPS) is 10.6. The molecule has 4 nitrogen and oxygen atoms in total.